The van der Waals surface area contributed by atoms with Gasteiger partial charge in [-0.2, -0.15) is 0 Å². The number of likely N-dealkylation sites (N-methyl/N-ethyl adjacent to an activating group) is 1. The van der Waals surface area contributed by atoms with Gasteiger partial charge in [0.1, 0.15) is 11.6 Å². The number of thiazole rings is 1. The number of imide groups is 1. The summed E-state index contributed by atoms with van der Waals surface area (Å²) >= 11 is 1.53. The Morgan fingerprint density at radius 3 is 2.33 bits per heavy atom. The zero-order chi connectivity index (χ0) is 25.3. The lowest BCUT2D eigenvalue weighted by Gasteiger charge is -2.28. The van der Waals surface area contributed by atoms with Gasteiger partial charge in [0.15, 0.2) is 5.54 Å². The molecule has 0 bridgehead atoms. The Morgan fingerprint density at radius 1 is 1.00 bits per heavy atom. The number of nitrogens with one attached hydrogen (secondary N) is 1. The molecule has 7 nitrogen and oxygen atoms in total. The van der Waals surface area contributed by atoms with Crippen LogP contribution >= 0.6 is 11.3 Å². The lowest BCUT2D eigenvalue weighted by molar-refractivity contribution is -0.139. The van der Waals surface area contributed by atoms with Crippen LogP contribution in [0.1, 0.15) is 29.1 Å². The molecule has 4 aromatic rings. The number of para-hydroxylation sites is 1. The summed E-state index contributed by atoms with van der Waals surface area (Å²) in [5.74, 6) is -0.772. The molecular weight excluding hydrogens is 472 g/mol. The molecular formula is C28H26N4O3S. The summed E-state index contributed by atoms with van der Waals surface area (Å²) in [5, 5.41) is 3.71. The lowest BCUT2D eigenvalue weighted by Crippen LogP contribution is -2.47. The minimum Gasteiger partial charge on any atom is -0.335 e. The average molecular weight is 499 g/mol. The number of benzene rings is 3. The van der Waals surface area contributed by atoms with Crippen molar-refractivity contribution in [1.82, 2.24) is 20.1 Å². The fraction of sp³-hybridized carbons (Fsp3) is 0.214. The molecule has 1 N–H and O–H groups in total. The van der Waals surface area contributed by atoms with Crippen molar-refractivity contribution >= 4 is 39.4 Å². The second-order valence-corrected chi connectivity index (χ2v) is 10.0. The maximum Gasteiger partial charge on any atom is 0.325 e. The predicted octanol–water partition coefficient (Wildman–Crippen LogP) is 4.51. The third kappa shape index (κ3) is 4.24. The molecule has 2 heterocycles. The zero-order valence-electron chi connectivity index (χ0n) is 20.0. The number of rotatable bonds is 7. The maximum atomic E-state index is 13.8. The second kappa shape index (κ2) is 9.54. The van der Waals surface area contributed by atoms with Gasteiger partial charge in [0, 0.05) is 13.5 Å². The van der Waals surface area contributed by atoms with Crippen LogP contribution in [-0.4, -0.2) is 46.2 Å². The van der Waals surface area contributed by atoms with Gasteiger partial charge in [-0.1, -0.05) is 72.8 Å². The number of nitrogens with zero attached hydrogens (tertiary/aromatic N) is 3. The van der Waals surface area contributed by atoms with Gasteiger partial charge in [-0.05, 0) is 30.2 Å². The first-order valence-corrected chi connectivity index (χ1v) is 12.6. The number of carbonyl (C=O) groups excluding carboxylic acids is 3. The first-order chi connectivity index (χ1) is 17.4. The summed E-state index contributed by atoms with van der Waals surface area (Å²) in [4.78, 5) is 47.4. The number of fused-ring (bicyclic) bond motifs is 1. The van der Waals surface area contributed by atoms with Gasteiger partial charge in [0.25, 0.3) is 5.91 Å². The first kappa shape index (κ1) is 23.7. The summed E-state index contributed by atoms with van der Waals surface area (Å²) in [6.45, 7) is 1.55. The van der Waals surface area contributed by atoms with Crippen LogP contribution in [0.2, 0.25) is 0 Å². The molecule has 182 valence electrons. The topological polar surface area (TPSA) is 82.6 Å². The number of urea groups is 1. The molecule has 1 fully saturated rings. The van der Waals surface area contributed by atoms with E-state index in [-0.39, 0.29) is 24.9 Å². The molecule has 3 aromatic carbocycles. The minimum absolute atomic E-state index is 0.283. The summed E-state index contributed by atoms with van der Waals surface area (Å²) in [5.41, 5.74) is 1.19. The Hall–Kier alpha value is -4.04. The van der Waals surface area contributed by atoms with Gasteiger partial charge in [0.2, 0.25) is 5.91 Å². The van der Waals surface area contributed by atoms with Gasteiger partial charge in [0.05, 0.1) is 16.3 Å². The number of carbonyl (C=O) groups is 3. The van der Waals surface area contributed by atoms with Crippen LogP contribution in [-0.2, 0) is 21.5 Å². The van der Waals surface area contributed by atoms with E-state index in [0.29, 0.717) is 5.56 Å². The molecule has 0 aliphatic carbocycles. The molecule has 1 saturated heterocycles. The lowest BCUT2D eigenvalue weighted by atomic mass is 9.83. The van der Waals surface area contributed by atoms with E-state index in [1.54, 1.807) is 7.05 Å². The molecule has 0 saturated carbocycles. The van der Waals surface area contributed by atoms with E-state index in [4.69, 9.17) is 0 Å². The van der Waals surface area contributed by atoms with E-state index in [2.05, 4.69) is 10.3 Å². The minimum atomic E-state index is -1.28. The first-order valence-electron chi connectivity index (χ1n) is 11.7. The summed E-state index contributed by atoms with van der Waals surface area (Å²) < 4.78 is 1.04. The van der Waals surface area contributed by atoms with Crippen molar-refractivity contribution in [2.45, 2.75) is 24.9 Å². The van der Waals surface area contributed by atoms with E-state index in [0.717, 1.165) is 25.7 Å². The Balaban J connectivity index is 1.39. The highest BCUT2D eigenvalue weighted by Gasteiger charge is 2.53. The SMILES string of the molecule is C[C@@H](c1nc2ccccc2s1)N(C)C(=O)CN1C(=O)N[C@](Cc2ccccc2)(c2ccccc2)C1=O. The summed E-state index contributed by atoms with van der Waals surface area (Å²) in [6, 6.07) is 25.7. The van der Waals surface area contributed by atoms with Crippen molar-refractivity contribution in [2.75, 3.05) is 13.6 Å². The molecule has 1 aliphatic heterocycles. The van der Waals surface area contributed by atoms with E-state index < -0.39 is 17.5 Å². The van der Waals surface area contributed by atoms with Crippen molar-refractivity contribution in [3.05, 3.63) is 101 Å². The van der Waals surface area contributed by atoms with Crippen molar-refractivity contribution in [3.8, 4) is 0 Å². The molecule has 0 radical (unpaired) electrons. The quantitative estimate of drug-likeness (QED) is 0.380. The molecule has 1 aromatic heterocycles. The van der Waals surface area contributed by atoms with Crippen molar-refractivity contribution in [2.24, 2.45) is 0 Å². The second-order valence-electron chi connectivity index (χ2n) is 8.96. The van der Waals surface area contributed by atoms with Gasteiger partial charge in [-0.3, -0.25) is 14.5 Å². The van der Waals surface area contributed by atoms with E-state index in [1.807, 2.05) is 91.9 Å². The number of hydrogen-bond donors (Lipinski definition) is 1. The van der Waals surface area contributed by atoms with Crippen LogP contribution in [0.5, 0.6) is 0 Å². The van der Waals surface area contributed by atoms with Crippen molar-refractivity contribution in [3.63, 3.8) is 0 Å². The number of hydrogen-bond acceptors (Lipinski definition) is 5. The highest BCUT2D eigenvalue weighted by molar-refractivity contribution is 7.18. The number of amides is 4. The molecule has 0 spiro atoms. The monoisotopic (exact) mass is 498 g/mol. The van der Waals surface area contributed by atoms with Gasteiger partial charge in [-0.15, -0.1) is 11.3 Å². The molecule has 8 heteroatoms. The molecule has 2 atom stereocenters. The van der Waals surface area contributed by atoms with Gasteiger partial charge in [-0.25, -0.2) is 9.78 Å². The summed E-state index contributed by atoms with van der Waals surface area (Å²) in [6.07, 6.45) is 0.283. The molecule has 36 heavy (non-hydrogen) atoms. The fourth-order valence-corrected chi connectivity index (χ4v) is 5.57. The van der Waals surface area contributed by atoms with Gasteiger partial charge < -0.3 is 10.2 Å². The van der Waals surface area contributed by atoms with Crippen molar-refractivity contribution < 1.29 is 14.4 Å². The predicted molar refractivity (Wildman–Crippen MR) is 139 cm³/mol. The number of aromatic nitrogens is 1. The molecule has 4 amide bonds. The van der Waals surface area contributed by atoms with Crippen LogP contribution in [0.15, 0.2) is 84.9 Å². The van der Waals surface area contributed by atoms with Crippen LogP contribution in [0.25, 0.3) is 10.2 Å². The van der Waals surface area contributed by atoms with E-state index >= 15 is 0 Å². The van der Waals surface area contributed by atoms with Crippen LogP contribution in [0.4, 0.5) is 4.79 Å². The Morgan fingerprint density at radius 2 is 1.64 bits per heavy atom. The highest BCUT2D eigenvalue weighted by atomic mass is 32.1. The Kier molecular flexibility index (Phi) is 6.28. The third-order valence-electron chi connectivity index (χ3n) is 6.69. The Bertz CT molecular complexity index is 1390. The molecule has 0 unspecified atom stereocenters. The largest absolute Gasteiger partial charge is 0.335 e. The van der Waals surface area contributed by atoms with Crippen molar-refractivity contribution in [1.29, 1.82) is 0 Å². The normalized spacial score (nSPS) is 18.3. The van der Waals surface area contributed by atoms with E-state index in [9.17, 15) is 14.4 Å². The highest BCUT2D eigenvalue weighted by Crippen LogP contribution is 2.34. The van der Waals surface area contributed by atoms with Crippen LogP contribution < -0.4 is 5.32 Å². The Labute approximate surface area is 213 Å². The zero-order valence-corrected chi connectivity index (χ0v) is 20.9. The fourth-order valence-electron chi connectivity index (χ4n) is 4.51. The average Bonchev–Trinajstić information content (AvgIpc) is 3.44. The third-order valence-corrected chi connectivity index (χ3v) is 7.90. The van der Waals surface area contributed by atoms with E-state index in [1.165, 1.54) is 16.2 Å². The smallest absolute Gasteiger partial charge is 0.325 e. The van der Waals surface area contributed by atoms with Gasteiger partial charge >= 0.3 is 6.03 Å². The molecule has 1 aliphatic rings. The maximum absolute atomic E-state index is 13.8. The standard InChI is InChI=1S/C28H26N4O3S/c1-19(25-29-22-15-9-10-16-23(22)36-25)31(2)24(33)18-32-26(34)28(30-27(32)35,21-13-7-4-8-14-21)17-20-11-5-3-6-12-20/h3-16,19H,17-18H2,1-2H3,(H,30,35)/t19-,28+/m0/s1. The molecule has 5 rings (SSSR count). The van der Waals surface area contributed by atoms with Crippen LogP contribution in [0.3, 0.4) is 0 Å². The van der Waals surface area contributed by atoms with Crippen LogP contribution in [0, 0.1) is 0 Å². The summed E-state index contributed by atoms with van der Waals surface area (Å²) in [7, 11) is 1.67.